The van der Waals surface area contributed by atoms with Gasteiger partial charge in [-0.1, -0.05) is 24.3 Å². The number of halogens is 3. The molecule has 0 spiro atoms. The van der Waals surface area contributed by atoms with Crippen molar-refractivity contribution in [1.29, 1.82) is 0 Å². The summed E-state index contributed by atoms with van der Waals surface area (Å²) < 4.78 is 76.3. The molecule has 0 aliphatic carbocycles. The minimum atomic E-state index is -4.78. The summed E-state index contributed by atoms with van der Waals surface area (Å²) in [5.74, 6) is 0.634. The molecule has 9 heteroatoms. The average molecular weight is 450 g/mol. The largest absolute Gasteiger partial charge is 0.494 e. The van der Waals surface area contributed by atoms with E-state index in [4.69, 9.17) is 4.74 Å². The second kappa shape index (κ2) is 8.05. The van der Waals surface area contributed by atoms with Gasteiger partial charge in [0.2, 0.25) is 10.0 Å². The lowest BCUT2D eigenvalue weighted by Crippen LogP contribution is -2.42. The van der Waals surface area contributed by atoms with Gasteiger partial charge in [-0.25, -0.2) is 8.42 Å². The van der Waals surface area contributed by atoms with Crippen LogP contribution in [0.3, 0.4) is 0 Å². The predicted molar refractivity (Wildman–Crippen MR) is 109 cm³/mol. The van der Waals surface area contributed by atoms with E-state index in [0.717, 1.165) is 16.4 Å². The van der Waals surface area contributed by atoms with Crippen molar-refractivity contribution in [2.75, 3.05) is 13.2 Å². The topological polar surface area (TPSA) is 51.5 Å². The van der Waals surface area contributed by atoms with Gasteiger partial charge in [0.25, 0.3) is 0 Å². The van der Waals surface area contributed by atoms with Gasteiger partial charge in [0.15, 0.2) is 0 Å². The third kappa shape index (κ3) is 3.95. The first-order valence-electron chi connectivity index (χ1n) is 9.79. The Hall–Kier alpha value is -2.78. The number of rotatable bonds is 5. The number of fused-ring (bicyclic) bond motifs is 1. The predicted octanol–water partition coefficient (Wildman–Crippen LogP) is 4.70. The highest BCUT2D eigenvalue weighted by Gasteiger charge is 2.42. The molecule has 0 saturated carbocycles. The van der Waals surface area contributed by atoms with Crippen molar-refractivity contribution in [2.45, 2.75) is 30.6 Å². The highest BCUT2D eigenvalue weighted by molar-refractivity contribution is 7.89. The number of hydrogen-bond acceptors (Lipinski definition) is 3. The molecule has 0 saturated heterocycles. The Bertz CT molecular complexity index is 1170. The minimum absolute atomic E-state index is 0.0497. The van der Waals surface area contributed by atoms with Gasteiger partial charge >= 0.3 is 6.18 Å². The lowest BCUT2D eigenvalue weighted by Gasteiger charge is -2.36. The van der Waals surface area contributed by atoms with Crippen LogP contribution in [0.4, 0.5) is 13.2 Å². The van der Waals surface area contributed by atoms with Gasteiger partial charge in [-0.2, -0.15) is 17.5 Å². The number of sulfonamides is 1. The van der Waals surface area contributed by atoms with Crippen LogP contribution in [0.1, 0.15) is 29.8 Å². The molecular weight excluding hydrogens is 429 g/mol. The van der Waals surface area contributed by atoms with Gasteiger partial charge in [-0.3, -0.25) is 0 Å². The first kappa shape index (κ1) is 21.5. The molecule has 1 unspecified atom stereocenters. The van der Waals surface area contributed by atoms with Crippen LogP contribution in [-0.4, -0.2) is 30.4 Å². The second-order valence-electron chi connectivity index (χ2n) is 7.14. The van der Waals surface area contributed by atoms with Gasteiger partial charge in [-0.15, -0.1) is 0 Å². The quantitative estimate of drug-likeness (QED) is 0.566. The summed E-state index contributed by atoms with van der Waals surface area (Å²) in [6, 6.07) is 14.1. The van der Waals surface area contributed by atoms with Crippen LogP contribution < -0.4 is 4.74 Å². The van der Waals surface area contributed by atoms with Crippen LogP contribution in [0.5, 0.6) is 5.75 Å². The molecular formula is C22H21F3N2O3S. The first-order valence-corrected chi connectivity index (χ1v) is 11.2. The van der Waals surface area contributed by atoms with Crippen LogP contribution in [0.25, 0.3) is 0 Å². The fourth-order valence-electron chi connectivity index (χ4n) is 3.92. The average Bonchev–Trinajstić information content (AvgIpc) is 3.22. The highest BCUT2D eigenvalue weighted by Crippen LogP contribution is 2.40. The minimum Gasteiger partial charge on any atom is -0.494 e. The first-order chi connectivity index (χ1) is 14.7. The molecule has 1 aliphatic rings. The van der Waals surface area contributed by atoms with Crippen molar-refractivity contribution in [3.8, 4) is 5.75 Å². The number of aromatic nitrogens is 1. The Morgan fingerprint density at radius 3 is 2.39 bits per heavy atom. The van der Waals surface area contributed by atoms with E-state index in [2.05, 4.69) is 0 Å². The zero-order valence-corrected chi connectivity index (χ0v) is 17.5. The van der Waals surface area contributed by atoms with E-state index in [1.807, 2.05) is 17.7 Å². The molecule has 0 radical (unpaired) electrons. The molecule has 0 amide bonds. The number of alkyl halides is 3. The Kier molecular flexibility index (Phi) is 5.57. The number of nitrogens with zero attached hydrogens (tertiary/aromatic N) is 2. The van der Waals surface area contributed by atoms with Gasteiger partial charge in [-0.05, 0) is 48.9 Å². The zero-order valence-electron chi connectivity index (χ0n) is 16.7. The molecule has 3 aromatic rings. The summed E-state index contributed by atoms with van der Waals surface area (Å²) in [4.78, 5) is -0.738. The molecule has 2 heterocycles. The van der Waals surface area contributed by atoms with Crippen molar-refractivity contribution in [1.82, 2.24) is 8.87 Å². The van der Waals surface area contributed by atoms with Crippen LogP contribution in [0.2, 0.25) is 0 Å². The van der Waals surface area contributed by atoms with Crippen molar-refractivity contribution >= 4 is 10.0 Å². The van der Waals surface area contributed by atoms with E-state index < -0.39 is 32.7 Å². The lowest BCUT2D eigenvalue weighted by molar-refractivity contribution is -0.139. The summed E-state index contributed by atoms with van der Waals surface area (Å²) in [5.41, 5.74) is 0.182. The van der Waals surface area contributed by atoms with E-state index >= 15 is 0 Å². The molecule has 2 aromatic carbocycles. The molecule has 31 heavy (non-hydrogen) atoms. The SMILES string of the molecule is CCOc1ccc(C2c3cccn3CCN2S(=O)(=O)c2ccccc2C(F)(F)F)cc1. The van der Waals surface area contributed by atoms with E-state index in [-0.39, 0.29) is 6.54 Å². The molecule has 0 N–H and O–H groups in total. The summed E-state index contributed by atoms with van der Waals surface area (Å²) >= 11 is 0. The third-order valence-corrected chi connectivity index (χ3v) is 7.20. The Labute approximate surface area is 178 Å². The molecule has 0 fully saturated rings. The molecule has 1 aliphatic heterocycles. The van der Waals surface area contributed by atoms with E-state index in [1.54, 1.807) is 36.4 Å². The molecule has 4 rings (SSSR count). The number of hydrogen-bond donors (Lipinski definition) is 0. The van der Waals surface area contributed by atoms with Gasteiger partial charge in [0.1, 0.15) is 5.75 Å². The highest BCUT2D eigenvalue weighted by atomic mass is 32.2. The molecule has 1 aromatic heterocycles. The van der Waals surface area contributed by atoms with E-state index in [1.165, 1.54) is 12.1 Å². The van der Waals surface area contributed by atoms with Gasteiger partial charge in [0.05, 0.1) is 23.1 Å². The van der Waals surface area contributed by atoms with Crippen molar-refractivity contribution in [3.05, 3.63) is 83.7 Å². The molecule has 164 valence electrons. The summed E-state index contributed by atoms with van der Waals surface area (Å²) in [5, 5.41) is 0. The standard InChI is InChI=1S/C22H21F3N2O3S/c1-2-30-17-11-9-16(10-12-17)21-19-7-5-13-26(19)14-15-27(21)31(28,29)20-8-4-3-6-18(20)22(23,24)25/h3-13,21H,2,14-15H2,1H3. The number of ether oxygens (including phenoxy) is 1. The molecule has 5 nitrogen and oxygen atoms in total. The normalized spacial score (nSPS) is 17.4. The third-order valence-electron chi connectivity index (χ3n) is 5.28. The Balaban J connectivity index is 1.83. The summed E-state index contributed by atoms with van der Waals surface area (Å²) in [6.45, 7) is 2.74. The van der Waals surface area contributed by atoms with Gasteiger partial charge < -0.3 is 9.30 Å². The summed E-state index contributed by atoms with van der Waals surface area (Å²) in [6.07, 6.45) is -2.95. The van der Waals surface area contributed by atoms with Crippen LogP contribution in [-0.2, 0) is 22.7 Å². The van der Waals surface area contributed by atoms with Crippen molar-refractivity contribution < 1.29 is 26.3 Å². The van der Waals surface area contributed by atoms with Crippen molar-refractivity contribution in [3.63, 3.8) is 0 Å². The Morgan fingerprint density at radius 2 is 1.71 bits per heavy atom. The fraction of sp³-hybridized carbons (Fsp3) is 0.273. The lowest BCUT2D eigenvalue weighted by atomic mass is 10.0. The zero-order chi connectivity index (χ0) is 22.2. The summed E-state index contributed by atoms with van der Waals surface area (Å²) in [7, 11) is -4.45. The van der Waals surface area contributed by atoms with E-state index in [9.17, 15) is 21.6 Å². The van der Waals surface area contributed by atoms with Gasteiger partial charge in [0, 0.05) is 25.0 Å². The number of benzene rings is 2. The molecule has 1 atom stereocenters. The fourth-order valence-corrected chi connectivity index (χ4v) is 5.72. The second-order valence-corrected chi connectivity index (χ2v) is 9.00. The van der Waals surface area contributed by atoms with Crippen LogP contribution in [0.15, 0.2) is 71.8 Å². The smallest absolute Gasteiger partial charge is 0.417 e. The maximum atomic E-state index is 13.6. The van der Waals surface area contributed by atoms with Crippen LogP contribution >= 0.6 is 0 Å². The van der Waals surface area contributed by atoms with E-state index in [0.29, 0.717) is 30.2 Å². The Morgan fingerprint density at radius 1 is 1.00 bits per heavy atom. The molecule has 0 bridgehead atoms. The van der Waals surface area contributed by atoms with Crippen LogP contribution in [0, 0.1) is 0 Å². The maximum absolute atomic E-state index is 13.6. The van der Waals surface area contributed by atoms with Crippen molar-refractivity contribution in [2.24, 2.45) is 0 Å². The maximum Gasteiger partial charge on any atom is 0.417 e. The monoisotopic (exact) mass is 450 g/mol.